The van der Waals surface area contributed by atoms with Gasteiger partial charge in [-0.15, -0.1) is 11.8 Å². The van der Waals surface area contributed by atoms with Gasteiger partial charge in [0.25, 0.3) is 5.69 Å². The van der Waals surface area contributed by atoms with Crippen LogP contribution in [0.25, 0.3) is 0 Å². The number of nitrogens with zero attached hydrogens (tertiary/aromatic N) is 1. The molecule has 14 heavy (non-hydrogen) atoms. The van der Waals surface area contributed by atoms with E-state index in [1.165, 1.54) is 24.3 Å². The van der Waals surface area contributed by atoms with Crippen molar-refractivity contribution in [1.29, 1.82) is 0 Å². The Bertz CT molecular complexity index is 349. The molecule has 1 rings (SSSR count). The van der Waals surface area contributed by atoms with Crippen LogP contribution in [-0.4, -0.2) is 21.8 Å². The van der Waals surface area contributed by atoms with Crippen LogP contribution in [0.1, 0.15) is 0 Å². The number of thioether (sulfide) groups is 1. The maximum atomic E-state index is 10.3. The van der Waals surface area contributed by atoms with E-state index < -0.39 is 10.9 Å². The second-order valence-electron chi connectivity index (χ2n) is 2.43. The van der Waals surface area contributed by atoms with Crippen molar-refractivity contribution in [3.63, 3.8) is 0 Å². The number of nitro groups is 1. The highest BCUT2D eigenvalue weighted by atomic mass is 32.2. The fraction of sp³-hybridized carbons (Fsp3) is 0.125. The van der Waals surface area contributed by atoms with Crippen LogP contribution >= 0.6 is 11.8 Å². The van der Waals surface area contributed by atoms with Crippen LogP contribution in [0.15, 0.2) is 29.2 Å². The first-order valence-electron chi connectivity index (χ1n) is 3.68. The van der Waals surface area contributed by atoms with Gasteiger partial charge in [-0.1, -0.05) is 0 Å². The molecular formula is C8H7NO4S. The molecule has 0 aromatic heterocycles. The molecule has 0 radical (unpaired) electrons. The fourth-order valence-electron chi connectivity index (χ4n) is 0.809. The van der Waals surface area contributed by atoms with E-state index in [0.29, 0.717) is 4.90 Å². The third-order valence-electron chi connectivity index (χ3n) is 1.41. The quantitative estimate of drug-likeness (QED) is 0.468. The third kappa shape index (κ3) is 3.06. The summed E-state index contributed by atoms with van der Waals surface area (Å²) in [5.41, 5.74) is 0.00433. The summed E-state index contributed by atoms with van der Waals surface area (Å²) >= 11 is 1.13. The molecular weight excluding hydrogens is 206 g/mol. The van der Waals surface area contributed by atoms with Gasteiger partial charge in [0.2, 0.25) is 0 Å². The third-order valence-corrected chi connectivity index (χ3v) is 2.41. The van der Waals surface area contributed by atoms with E-state index in [9.17, 15) is 14.9 Å². The van der Waals surface area contributed by atoms with Crippen molar-refractivity contribution < 1.29 is 14.8 Å². The Hall–Kier alpha value is -1.56. The van der Waals surface area contributed by atoms with Crippen molar-refractivity contribution in [2.24, 2.45) is 0 Å². The number of aliphatic carboxylic acids is 1. The predicted molar refractivity (Wildman–Crippen MR) is 51.5 cm³/mol. The highest BCUT2D eigenvalue weighted by Gasteiger charge is 2.05. The zero-order chi connectivity index (χ0) is 10.6. The van der Waals surface area contributed by atoms with Crippen LogP contribution in [-0.2, 0) is 4.79 Å². The average molecular weight is 213 g/mol. The van der Waals surface area contributed by atoms with Gasteiger partial charge in [-0.25, -0.2) is 0 Å². The molecule has 0 amide bonds. The molecule has 0 atom stereocenters. The van der Waals surface area contributed by atoms with Gasteiger partial charge in [0, 0.05) is 17.0 Å². The largest absolute Gasteiger partial charge is 0.481 e. The molecule has 0 heterocycles. The Balaban J connectivity index is 2.64. The lowest BCUT2D eigenvalue weighted by Crippen LogP contribution is -1.97. The first kappa shape index (κ1) is 10.5. The predicted octanol–water partition coefficient (Wildman–Crippen LogP) is 1.77. The standard InChI is InChI=1S/C8H7NO4S/c10-8(11)5-14-7-3-1-6(2-4-7)9(12)13/h1-4H,5H2,(H,10,11). The van der Waals surface area contributed by atoms with Crippen LogP contribution < -0.4 is 0 Å². The van der Waals surface area contributed by atoms with E-state index in [-0.39, 0.29) is 11.4 Å². The maximum Gasteiger partial charge on any atom is 0.313 e. The number of nitro benzene ring substituents is 1. The molecule has 1 aromatic rings. The molecule has 0 unspecified atom stereocenters. The van der Waals surface area contributed by atoms with Gasteiger partial charge in [0.15, 0.2) is 0 Å². The topological polar surface area (TPSA) is 80.4 Å². The van der Waals surface area contributed by atoms with Gasteiger partial charge >= 0.3 is 5.97 Å². The van der Waals surface area contributed by atoms with E-state index in [1.807, 2.05) is 0 Å². The molecule has 1 aromatic carbocycles. The minimum Gasteiger partial charge on any atom is -0.481 e. The number of carboxylic acids is 1. The van der Waals surface area contributed by atoms with Gasteiger partial charge < -0.3 is 5.11 Å². The van der Waals surface area contributed by atoms with Crippen molar-refractivity contribution >= 4 is 23.4 Å². The molecule has 0 aliphatic heterocycles. The highest BCUT2D eigenvalue weighted by molar-refractivity contribution is 8.00. The number of benzene rings is 1. The zero-order valence-electron chi connectivity index (χ0n) is 7.04. The van der Waals surface area contributed by atoms with Gasteiger partial charge in [-0.2, -0.15) is 0 Å². The number of hydrogen-bond acceptors (Lipinski definition) is 4. The molecule has 74 valence electrons. The molecule has 0 fully saturated rings. The van der Waals surface area contributed by atoms with Gasteiger partial charge in [0.1, 0.15) is 0 Å². The molecule has 0 aliphatic rings. The second kappa shape index (κ2) is 4.61. The minimum atomic E-state index is -0.909. The van der Waals surface area contributed by atoms with Crippen LogP contribution in [0, 0.1) is 10.1 Å². The van der Waals surface area contributed by atoms with Crippen LogP contribution in [0.5, 0.6) is 0 Å². The average Bonchev–Trinajstić information content (AvgIpc) is 2.15. The Morgan fingerprint density at radius 1 is 1.43 bits per heavy atom. The minimum absolute atomic E-state index is 0.00433. The van der Waals surface area contributed by atoms with Crippen molar-refractivity contribution in [3.8, 4) is 0 Å². The second-order valence-corrected chi connectivity index (χ2v) is 3.48. The lowest BCUT2D eigenvalue weighted by Gasteiger charge is -1.97. The Morgan fingerprint density at radius 2 is 2.00 bits per heavy atom. The number of hydrogen-bond donors (Lipinski definition) is 1. The van der Waals surface area contributed by atoms with Crippen LogP contribution in [0.3, 0.4) is 0 Å². The summed E-state index contributed by atoms with van der Waals surface area (Å²) in [5.74, 6) is -0.953. The van der Waals surface area contributed by atoms with E-state index in [4.69, 9.17) is 5.11 Å². The van der Waals surface area contributed by atoms with Crippen molar-refractivity contribution in [2.45, 2.75) is 4.90 Å². The van der Waals surface area contributed by atoms with Crippen LogP contribution in [0.2, 0.25) is 0 Å². The van der Waals surface area contributed by atoms with Crippen molar-refractivity contribution in [3.05, 3.63) is 34.4 Å². The summed E-state index contributed by atoms with van der Waals surface area (Å²) in [4.78, 5) is 20.7. The molecule has 6 heteroatoms. The molecule has 0 aliphatic carbocycles. The number of carboxylic acid groups (broad SMARTS) is 1. The van der Waals surface area contributed by atoms with E-state index >= 15 is 0 Å². The summed E-state index contributed by atoms with van der Waals surface area (Å²) in [6, 6.07) is 5.77. The van der Waals surface area contributed by atoms with Crippen molar-refractivity contribution in [1.82, 2.24) is 0 Å². The monoisotopic (exact) mass is 213 g/mol. The van der Waals surface area contributed by atoms with Crippen LogP contribution in [0.4, 0.5) is 5.69 Å². The summed E-state index contributed by atoms with van der Waals surface area (Å²) in [7, 11) is 0. The lowest BCUT2D eigenvalue weighted by atomic mass is 10.3. The van der Waals surface area contributed by atoms with Gasteiger partial charge in [0.05, 0.1) is 10.7 Å². The Morgan fingerprint density at radius 3 is 2.43 bits per heavy atom. The summed E-state index contributed by atoms with van der Waals surface area (Å²) in [6.45, 7) is 0. The van der Waals surface area contributed by atoms with Crippen molar-refractivity contribution in [2.75, 3.05) is 5.75 Å². The molecule has 0 saturated heterocycles. The number of rotatable bonds is 4. The first-order valence-corrected chi connectivity index (χ1v) is 4.67. The van der Waals surface area contributed by atoms with Gasteiger partial charge in [-0.3, -0.25) is 14.9 Å². The summed E-state index contributed by atoms with van der Waals surface area (Å²) in [6.07, 6.45) is 0. The molecule has 1 N–H and O–H groups in total. The summed E-state index contributed by atoms with van der Waals surface area (Å²) in [5, 5.41) is 18.7. The Labute approximate surface area is 83.9 Å². The normalized spacial score (nSPS) is 9.71. The molecule has 0 saturated carbocycles. The molecule has 0 bridgehead atoms. The zero-order valence-corrected chi connectivity index (χ0v) is 7.86. The van der Waals surface area contributed by atoms with E-state index in [0.717, 1.165) is 11.8 Å². The smallest absolute Gasteiger partial charge is 0.313 e. The number of carbonyl (C=O) groups is 1. The summed E-state index contributed by atoms with van der Waals surface area (Å²) < 4.78 is 0. The van der Waals surface area contributed by atoms with Gasteiger partial charge in [-0.05, 0) is 12.1 Å². The Kier molecular flexibility index (Phi) is 3.47. The first-order chi connectivity index (χ1) is 6.59. The number of non-ortho nitro benzene ring substituents is 1. The molecule has 0 spiro atoms. The fourth-order valence-corrected chi connectivity index (χ4v) is 1.43. The lowest BCUT2D eigenvalue weighted by molar-refractivity contribution is -0.384. The maximum absolute atomic E-state index is 10.3. The van der Waals surface area contributed by atoms with E-state index in [2.05, 4.69) is 0 Å². The SMILES string of the molecule is O=C(O)CSc1ccc([N+](=O)[O-])cc1. The molecule has 5 nitrogen and oxygen atoms in total. The van der Waals surface area contributed by atoms with E-state index in [1.54, 1.807) is 0 Å². The highest BCUT2D eigenvalue weighted by Crippen LogP contribution is 2.20.